The highest BCUT2D eigenvalue weighted by molar-refractivity contribution is 5.95. The van der Waals surface area contributed by atoms with Crippen LogP contribution in [0.3, 0.4) is 0 Å². The molecule has 1 fully saturated rings. The fourth-order valence-electron chi connectivity index (χ4n) is 3.16. The monoisotopic (exact) mass is 435 g/mol. The van der Waals surface area contributed by atoms with Crippen LogP contribution in [0.25, 0.3) is 6.08 Å². The number of nitrogen functional groups attached to an aromatic ring is 1. The molecule has 1 saturated heterocycles. The molecule has 2 aromatic carbocycles. The highest BCUT2D eigenvalue weighted by Crippen LogP contribution is 2.38. The van der Waals surface area contributed by atoms with Gasteiger partial charge in [0.15, 0.2) is 0 Å². The van der Waals surface area contributed by atoms with E-state index in [9.17, 15) is 18.3 Å². The molecule has 9 heteroatoms. The number of phenols is 1. The number of nitrogens with one attached hydrogen (secondary N) is 2. The summed E-state index contributed by atoms with van der Waals surface area (Å²) in [4.78, 5) is 0. The Labute approximate surface area is 178 Å². The first kappa shape index (κ1) is 22.5. The van der Waals surface area contributed by atoms with Gasteiger partial charge in [0.2, 0.25) is 0 Å². The van der Waals surface area contributed by atoms with Gasteiger partial charge in [-0.2, -0.15) is 13.2 Å². The first-order chi connectivity index (χ1) is 14.7. The van der Waals surface area contributed by atoms with Crippen LogP contribution in [0, 0.1) is 5.41 Å². The van der Waals surface area contributed by atoms with Crippen LogP contribution in [0.4, 0.5) is 18.9 Å². The van der Waals surface area contributed by atoms with Gasteiger partial charge < -0.3 is 25.6 Å². The van der Waals surface area contributed by atoms with Crippen molar-refractivity contribution in [3.63, 3.8) is 0 Å². The van der Waals surface area contributed by atoms with Crippen molar-refractivity contribution in [1.82, 2.24) is 0 Å². The van der Waals surface area contributed by atoms with Crippen molar-refractivity contribution in [3.05, 3.63) is 59.2 Å². The Bertz CT molecular complexity index is 955. The maximum absolute atomic E-state index is 13.5. The molecule has 6 nitrogen and oxygen atoms in total. The van der Waals surface area contributed by atoms with Gasteiger partial charge in [0.1, 0.15) is 23.4 Å². The average molecular weight is 435 g/mol. The van der Waals surface area contributed by atoms with Crippen molar-refractivity contribution >= 4 is 17.6 Å². The van der Waals surface area contributed by atoms with Gasteiger partial charge in [-0.15, -0.1) is 0 Å². The molecule has 0 unspecified atom stereocenters. The molecule has 5 N–H and O–H groups in total. The smallest absolute Gasteiger partial charge is 0.420 e. The van der Waals surface area contributed by atoms with Gasteiger partial charge in [-0.3, -0.25) is 5.41 Å². The summed E-state index contributed by atoms with van der Waals surface area (Å²) in [5, 5.41) is 20.2. The molecular formula is C22H24F3N3O3. The molecule has 2 aromatic rings. The highest BCUT2D eigenvalue weighted by Gasteiger charge is 2.35. The molecule has 0 radical (unpaired) electrons. The number of aromatic hydroxyl groups is 1. The second-order valence-corrected chi connectivity index (χ2v) is 7.11. The number of nitrogens with two attached hydrogens (primary N) is 1. The number of amidine groups is 1. The summed E-state index contributed by atoms with van der Waals surface area (Å²) in [6.07, 6.45) is -0.484. The van der Waals surface area contributed by atoms with Gasteiger partial charge in [-0.05, 0) is 36.4 Å². The molecule has 0 saturated carbocycles. The van der Waals surface area contributed by atoms with E-state index in [2.05, 4.69) is 5.32 Å². The third-order valence-electron chi connectivity index (χ3n) is 4.81. The molecule has 3 rings (SSSR count). The fourth-order valence-corrected chi connectivity index (χ4v) is 3.16. The van der Waals surface area contributed by atoms with E-state index in [-0.39, 0.29) is 35.7 Å². The Balaban J connectivity index is 1.68. The molecule has 1 heterocycles. The zero-order chi connectivity index (χ0) is 22.4. The van der Waals surface area contributed by atoms with Gasteiger partial charge in [-0.1, -0.05) is 12.2 Å². The summed E-state index contributed by atoms with van der Waals surface area (Å²) in [6, 6.07) is 8.39. The summed E-state index contributed by atoms with van der Waals surface area (Å²) in [6.45, 7) is 1.17. The van der Waals surface area contributed by atoms with Crippen LogP contribution in [-0.2, 0) is 10.9 Å². The van der Waals surface area contributed by atoms with E-state index in [0.717, 1.165) is 6.07 Å². The molecule has 0 amide bonds. The summed E-state index contributed by atoms with van der Waals surface area (Å²) < 4.78 is 51.4. The molecule has 1 aliphatic heterocycles. The standard InChI is InChI=1S/C22H24F3N3O3/c23-22(24,25)18-13-16(4-6-20(18)31-17-7-10-30-11-8-17)28-9-1-2-14-12-15(21(26)27)3-5-19(14)29/h1-6,12-13,17,28-29H,7-11H2,(H3,26,27). The van der Waals surface area contributed by atoms with Gasteiger partial charge in [-0.25, -0.2) is 0 Å². The minimum atomic E-state index is -4.55. The molecule has 0 bridgehead atoms. The van der Waals surface area contributed by atoms with Crippen LogP contribution in [0.15, 0.2) is 42.5 Å². The molecule has 0 atom stereocenters. The second-order valence-electron chi connectivity index (χ2n) is 7.11. The molecule has 0 aliphatic carbocycles. The molecular weight excluding hydrogens is 411 g/mol. The molecule has 31 heavy (non-hydrogen) atoms. The van der Waals surface area contributed by atoms with Crippen LogP contribution in [-0.4, -0.2) is 36.8 Å². The first-order valence-electron chi connectivity index (χ1n) is 9.77. The quantitative estimate of drug-likeness (QED) is 0.382. The SMILES string of the molecule is N=C(N)c1ccc(O)c(C=CCNc2ccc(OC3CCOCC3)c(C(F)(F)F)c2)c1. The lowest BCUT2D eigenvalue weighted by atomic mass is 10.1. The minimum absolute atomic E-state index is 0.00946. The van der Waals surface area contributed by atoms with E-state index in [1.807, 2.05) is 0 Å². The van der Waals surface area contributed by atoms with E-state index < -0.39 is 11.7 Å². The van der Waals surface area contributed by atoms with Crippen LogP contribution in [0.1, 0.15) is 29.5 Å². The minimum Gasteiger partial charge on any atom is -0.507 e. The number of benzene rings is 2. The maximum atomic E-state index is 13.5. The van der Waals surface area contributed by atoms with E-state index in [0.29, 0.717) is 37.2 Å². The second kappa shape index (κ2) is 9.74. The topological polar surface area (TPSA) is 101 Å². The number of hydrogen-bond donors (Lipinski definition) is 4. The van der Waals surface area contributed by atoms with Crippen molar-refractivity contribution in [2.24, 2.45) is 5.73 Å². The Hall–Kier alpha value is -3.20. The van der Waals surface area contributed by atoms with Gasteiger partial charge in [0.05, 0.1) is 18.8 Å². The third kappa shape index (κ3) is 6.14. The number of phenolic OH excluding ortho intramolecular Hbond substituents is 1. The average Bonchev–Trinajstić information content (AvgIpc) is 2.73. The molecule has 0 aromatic heterocycles. The van der Waals surface area contributed by atoms with Crippen molar-refractivity contribution in [3.8, 4) is 11.5 Å². The van der Waals surface area contributed by atoms with Crippen LogP contribution in [0.2, 0.25) is 0 Å². The van der Waals surface area contributed by atoms with Gasteiger partial charge in [0, 0.05) is 36.2 Å². The maximum Gasteiger partial charge on any atom is 0.420 e. The first-order valence-corrected chi connectivity index (χ1v) is 9.77. The van der Waals surface area contributed by atoms with Crippen LogP contribution >= 0.6 is 0 Å². The molecule has 1 aliphatic rings. The van der Waals surface area contributed by atoms with E-state index in [4.69, 9.17) is 20.6 Å². The number of ether oxygens (including phenoxy) is 2. The zero-order valence-corrected chi connectivity index (χ0v) is 16.7. The molecule has 0 spiro atoms. The summed E-state index contributed by atoms with van der Waals surface area (Å²) in [5.41, 5.74) is 5.81. The Morgan fingerprint density at radius 1 is 1.23 bits per heavy atom. The molecule has 166 valence electrons. The zero-order valence-electron chi connectivity index (χ0n) is 16.7. The Morgan fingerprint density at radius 3 is 2.65 bits per heavy atom. The number of halogens is 3. The largest absolute Gasteiger partial charge is 0.507 e. The Morgan fingerprint density at radius 2 is 1.97 bits per heavy atom. The van der Waals surface area contributed by atoms with Crippen LogP contribution < -0.4 is 15.8 Å². The number of alkyl halides is 3. The van der Waals surface area contributed by atoms with E-state index >= 15 is 0 Å². The number of hydrogen-bond acceptors (Lipinski definition) is 5. The predicted molar refractivity (Wildman–Crippen MR) is 113 cm³/mol. The number of anilines is 1. The van der Waals surface area contributed by atoms with Gasteiger partial charge in [0.25, 0.3) is 0 Å². The summed E-state index contributed by atoms with van der Waals surface area (Å²) in [5.74, 6) is -0.308. The van der Waals surface area contributed by atoms with Crippen molar-refractivity contribution < 1.29 is 27.8 Å². The number of rotatable bonds is 7. The van der Waals surface area contributed by atoms with E-state index in [1.165, 1.54) is 24.3 Å². The van der Waals surface area contributed by atoms with Crippen molar-refractivity contribution in [2.45, 2.75) is 25.1 Å². The summed E-state index contributed by atoms with van der Waals surface area (Å²) >= 11 is 0. The van der Waals surface area contributed by atoms with Gasteiger partial charge >= 0.3 is 6.18 Å². The predicted octanol–water partition coefficient (Wildman–Crippen LogP) is 4.38. The lowest BCUT2D eigenvalue weighted by molar-refractivity contribution is -0.139. The highest BCUT2D eigenvalue weighted by atomic mass is 19.4. The Kier molecular flexibility index (Phi) is 7.06. The van der Waals surface area contributed by atoms with Crippen molar-refractivity contribution in [1.29, 1.82) is 5.41 Å². The fraction of sp³-hybridized carbons (Fsp3) is 0.318. The van der Waals surface area contributed by atoms with Crippen molar-refractivity contribution in [2.75, 3.05) is 25.1 Å². The summed E-state index contributed by atoms with van der Waals surface area (Å²) in [7, 11) is 0. The normalized spacial score (nSPS) is 15.2. The lowest BCUT2D eigenvalue weighted by Crippen LogP contribution is -2.26. The third-order valence-corrected chi connectivity index (χ3v) is 4.81. The van der Waals surface area contributed by atoms with E-state index in [1.54, 1.807) is 18.2 Å². The van der Waals surface area contributed by atoms with Crippen LogP contribution in [0.5, 0.6) is 11.5 Å². The lowest BCUT2D eigenvalue weighted by Gasteiger charge is -2.25.